The maximum absolute atomic E-state index is 9.53. The summed E-state index contributed by atoms with van der Waals surface area (Å²) in [5, 5.41) is 9.53. The summed E-state index contributed by atoms with van der Waals surface area (Å²) < 4.78 is 0. The summed E-state index contributed by atoms with van der Waals surface area (Å²) in [5.41, 5.74) is 8.50. The molecule has 0 rings (SSSR count). The van der Waals surface area contributed by atoms with Crippen molar-refractivity contribution >= 4 is 6.03 Å². The van der Waals surface area contributed by atoms with Gasteiger partial charge >= 0.3 is 57.4 Å². The van der Waals surface area contributed by atoms with E-state index in [0.717, 1.165) is 12.8 Å². The largest absolute Gasteiger partial charge is 1.00 e. The number of carbonyl (C=O) groups is 1. The van der Waals surface area contributed by atoms with Crippen LogP contribution < -0.4 is 68.0 Å². The van der Waals surface area contributed by atoms with Crippen LogP contribution in [0.1, 0.15) is 19.8 Å². The number of unbranched alkanes of at least 4 members (excludes halogenated alkanes) is 1. The maximum atomic E-state index is 9.53. The van der Waals surface area contributed by atoms with Gasteiger partial charge in [-0.15, -0.1) is 6.61 Å². The van der Waals surface area contributed by atoms with Gasteiger partial charge in [0, 0.05) is 0 Å². The summed E-state index contributed by atoms with van der Waals surface area (Å²) in [6, 6.07) is -0.833. The van der Waals surface area contributed by atoms with Crippen molar-refractivity contribution in [1.82, 2.24) is 0 Å². The van der Waals surface area contributed by atoms with Crippen LogP contribution in [-0.4, -0.2) is 12.6 Å². The molecule has 0 bridgehead atoms. The van der Waals surface area contributed by atoms with Crippen LogP contribution in [-0.2, 0) is 0 Å². The second-order valence-electron chi connectivity index (χ2n) is 1.46. The third-order valence-corrected chi connectivity index (χ3v) is 0.498. The molecule has 2 amide bonds. The van der Waals surface area contributed by atoms with E-state index in [2.05, 4.69) is 11.5 Å². The molecule has 0 atom stereocenters. The fraction of sp³-hybridized carbons (Fsp3) is 0.800. The summed E-state index contributed by atoms with van der Waals surface area (Å²) in [7, 11) is 0. The van der Waals surface area contributed by atoms with E-state index in [4.69, 9.17) is 4.79 Å². The Labute approximate surface area is 104 Å². The number of hydrogen-bond acceptors (Lipinski definition) is 2. The van der Waals surface area contributed by atoms with E-state index in [1.54, 1.807) is 0 Å². The van der Waals surface area contributed by atoms with Crippen LogP contribution in [0, 0.1) is 0 Å². The predicted molar refractivity (Wildman–Crippen MR) is 33.5 cm³/mol. The fourth-order valence-electron chi connectivity index (χ4n) is 0.144. The van der Waals surface area contributed by atoms with E-state index in [0.29, 0.717) is 0 Å². The fourth-order valence-corrected chi connectivity index (χ4v) is 0.144. The number of urea groups is 1. The number of primary amides is 2. The Morgan fingerprint density at radius 2 is 1.80 bits per heavy atom. The predicted octanol–water partition coefficient (Wildman–Crippen LogP) is -3.83. The Kier molecular flexibility index (Phi) is 28.1. The molecule has 0 aliphatic carbocycles. The van der Waals surface area contributed by atoms with E-state index in [9.17, 15) is 5.11 Å². The summed E-state index contributed by atoms with van der Waals surface area (Å²) in [4.78, 5) is 9.00. The normalized spacial score (nSPS) is 6.60. The second-order valence-corrected chi connectivity index (χ2v) is 1.46. The summed E-state index contributed by atoms with van der Waals surface area (Å²) in [5.74, 6) is 0. The Balaban J connectivity index is -0.0000000910. The van der Waals surface area contributed by atoms with E-state index in [1.807, 2.05) is 6.92 Å². The van der Waals surface area contributed by atoms with Crippen LogP contribution >= 0.6 is 0 Å². The summed E-state index contributed by atoms with van der Waals surface area (Å²) in [6.07, 6.45) is 1.86. The van der Waals surface area contributed by atoms with Crippen molar-refractivity contribution in [2.75, 3.05) is 6.61 Å². The number of rotatable bonds is 2. The molecule has 0 fully saturated rings. The first-order valence-corrected chi connectivity index (χ1v) is 2.78. The average Bonchev–Trinajstić information content (AvgIpc) is 1.66. The van der Waals surface area contributed by atoms with Crippen molar-refractivity contribution in [1.29, 1.82) is 0 Å². The molecular weight excluding hydrogens is 159 g/mol. The standard InChI is InChI=1S/C4H9O.CH4N2O.K/c1-2-3-4-5;2-1(3)4;/h2-4H2,1H3;(H4,2,3,4);/q-1;;+1. The zero-order chi connectivity index (χ0) is 7.70. The molecule has 56 valence electrons. The van der Waals surface area contributed by atoms with Gasteiger partial charge in [-0.05, 0) is 0 Å². The summed E-state index contributed by atoms with van der Waals surface area (Å²) in [6.45, 7) is 2.11. The molecule has 0 aliphatic heterocycles. The Morgan fingerprint density at radius 1 is 1.50 bits per heavy atom. The van der Waals surface area contributed by atoms with Crippen molar-refractivity contribution in [2.24, 2.45) is 11.5 Å². The quantitative estimate of drug-likeness (QED) is 0.418. The first-order valence-electron chi connectivity index (χ1n) is 2.78. The van der Waals surface area contributed by atoms with Gasteiger partial charge in [0.2, 0.25) is 0 Å². The van der Waals surface area contributed by atoms with Gasteiger partial charge in [-0.25, -0.2) is 4.79 Å². The molecule has 10 heavy (non-hydrogen) atoms. The molecule has 0 heterocycles. The minimum Gasteiger partial charge on any atom is -0.854 e. The molecule has 0 saturated carbocycles. The van der Waals surface area contributed by atoms with Gasteiger partial charge in [0.15, 0.2) is 0 Å². The van der Waals surface area contributed by atoms with E-state index in [1.165, 1.54) is 0 Å². The molecule has 0 spiro atoms. The first kappa shape index (κ1) is 17.1. The van der Waals surface area contributed by atoms with Crippen LogP contribution in [0.25, 0.3) is 0 Å². The van der Waals surface area contributed by atoms with Crippen molar-refractivity contribution in [3.05, 3.63) is 0 Å². The van der Waals surface area contributed by atoms with Gasteiger partial charge in [0.1, 0.15) is 0 Å². The zero-order valence-corrected chi connectivity index (χ0v) is 9.72. The van der Waals surface area contributed by atoms with Crippen molar-refractivity contribution in [3.8, 4) is 0 Å². The van der Waals surface area contributed by atoms with Gasteiger partial charge in [-0.1, -0.05) is 19.8 Å². The third kappa shape index (κ3) is 66.8. The van der Waals surface area contributed by atoms with Gasteiger partial charge in [-0.3, -0.25) is 0 Å². The van der Waals surface area contributed by atoms with Crippen molar-refractivity contribution < 1.29 is 61.3 Å². The molecular formula is C5H13KN2O2. The minimum atomic E-state index is -0.833. The Hall–Kier alpha value is 0.866. The average molecular weight is 172 g/mol. The van der Waals surface area contributed by atoms with Crippen LogP contribution in [0.2, 0.25) is 0 Å². The van der Waals surface area contributed by atoms with Gasteiger partial charge in [0.25, 0.3) is 0 Å². The minimum absolute atomic E-state index is 0. The third-order valence-electron chi connectivity index (χ3n) is 0.498. The molecule has 0 aromatic rings. The molecule has 0 unspecified atom stereocenters. The number of carbonyl (C=O) groups excluding carboxylic acids is 1. The second kappa shape index (κ2) is 16.5. The number of amides is 2. The molecule has 5 heteroatoms. The molecule has 0 aromatic carbocycles. The van der Waals surface area contributed by atoms with Crippen LogP contribution in [0.15, 0.2) is 0 Å². The summed E-state index contributed by atoms with van der Waals surface area (Å²) >= 11 is 0. The molecule has 0 radical (unpaired) electrons. The smallest absolute Gasteiger partial charge is 0.854 e. The van der Waals surface area contributed by atoms with Crippen molar-refractivity contribution in [2.45, 2.75) is 19.8 Å². The van der Waals surface area contributed by atoms with E-state index >= 15 is 0 Å². The zero-order valence-electron chi connectivity index (χ0n) is 6.59. The van der Waals surface area contributed by atoms with Gasteiger partial charge in [0.05, 0.1) is 0 Å². The van der Waals surface area contributed by atoms with Crippen LogP contribution in [0.5, 0.6) is 0 Å². The molecule has 4 nitrogen and oxygen atoms in total. The molecule has 0 saturated heterocycles. The molecule has 4 N–H and O–H groups in total. The molecule has 0 aliphatic rings. The van der Waals surface area contributed by atoms with Crippen LogP contribution in [0.3, 0.4) is 0 Å². The van der Waals surface area contributed by atoms with Gasteiger partial charge in [-0.2, -0.15) is 0 Å². The van der Waals surface area contributed by atoms with Crippen molar-refractivity contribution in [3.63, 3.8) is 0 Å². The number of nitrogens with two attached hydrogens (primary N) is 2. The SMILES string of the molecule is CCCC[O-].NC(N)=O.[K+]. The Morgan fingerprint density at radius 3 is 1.80 bits per heavy atom. The van der Waals surface area contributed by atoms with E-state index in [-0.39, 0.29) is 58.0 Å². The monoisotopic (exact) mass is 172 g/mol. The Bertz CT molecular complexity index is 64.7. The maximum Gasteiger partial charge on any atom is 1.00 e. The number of hydrogen-bond donors (Lipinski definition) is 2. The van der Waals surface area contributed by atoms with E-state index < -0.39 is 6.03 Å². The topological polar surface area (TPSA) is 92.2 Å². The molecule has 0 aromatic heterocycles. The first-order chi connectivity index (χ1) is 4.15. The van der Waals surface area contributed by atoms with Gasteiger partial charge < -0.3 is 16.6 Å². The van der Waals surface area contributed by atoms with Crippen LogP contribution in [0.4, 0.5) is 4.79 Å².